The van der Waals surface area contributed by atoms with Gasteiger partial charge in [0.15, 0.2) is 0 Å². The van der Waals surface area contributed by atoms with Gasteiger partial charge in [0.2, 0.25) is 0 Å². The first-order chi connectivity index (χ1) is 13.9. The summed E-state index contributed by atoms with van der Waals surface area (Å²) in [5.74, 6) is -0.558. The number of nitrogens with two attached hydrogens (primary N) is 1. The van der Waals surface area contributed by atoms with Crippen molar-refractivity contribution in [2.75, 3.05) is 13.2 Å². The Kier molecular flexibility index (Phi) is 7.17. The first-order valence-electron chi connectivity index (χ1n) is 8.61. The SMILES string of the molecule is NC(CO)(CO)CC=Cc1ccc(Oc2cc(C(F)(F)F)cc(C(F)(F)F)c2)cc1. The minimum absolute atomic E-state index is 0.0248. The fraction of sp³-hybridized carbons (Fsp3) is 0.300. The summed E-state index contributed by atoms with van der Waals surface area (Å²) >= 11 is 0. The van der Waals surface area contributed by atoms with Gasteiger partial charge in [-0.05, 0) is 42.3 Å². The Morgan fingerprint density at radius 2 is 1.30 bits per heavy atom. The Hall–Kier alpha value is -2.56. The van der Waals surface area contributed by atoms with Crippen molar-refractivity contribution in [3.8, 4) is 11.5 Å². The second kappa shape index (κ2) is 9.07. The highest BCUT2D eigenvalue weighted by Crippen LogP contribution is 2.39. The fourth-order valence-corrected chi connectivity index (χ4v) is 2.38. The molecule has 4 N–H and O–H groups in total. The minimum Gasteiger partial charge on any atom is -0.457 e. The number of benzene rings is 2. The molecular formula is C20H19F6NO3. The monoisotopic (exact) mass is 435 g/mol. The predicted molar refractivity (Wildman–Crippen MR) is 97.7 cm³/mol. The molecule has 164 valence electrons. The number of alkyl halides is 6. The van der Waals surface area contributed by atoms with Crippen LogP contribution in [0.25, 0.3) is 6.08 Å². The van der Waals surface area contributed by atoms with Crippen LogP contribution < -0.4 is 10.5 Å². The molecule has 0 amide bonds. The normalized spacial score (nSPS) is 13.1. The van der Waals surface area contributed by atoms with E-state index in [1.165, 1.54) is 24.3 Å². The first-order valence-corrected chi connectivity index (χ1v) is 8.61. The van der Waals surface area contributed by atoms with Crippen LogP contribution in [0.3, 0.4) is 0 Å². The molecule has 0 radical (unpaired) electrons. The zero-order chi connectivity index (χ0) is 22.6. The van der Waals surface area contributed by atoms with Gasteiger partial charge in [-0.1, -0.05) is 24.3 Å². The van der Waals surface area contributed by atoms with Gasteiger partial charge in [0.05, 0.1) is 29.9 Å². The molecule has 0 saturated heterocycles. The average molecular weight is 435 g/mol. The molecule has 0 saturated carbocycles. The van der Waals surface area contributed by atoms with E-state index < -0.39 is 48.0 Å². The largest absolute Gasteiger partial charge is 0.457 e. The van der Waals surface area contributed by atoms with E-state index in [0.29, 0.717) is 17.7 Å². The number of rotatable bonds is 7. The van der Waals surface area contributed by atoms with Gasteiger partial charge in [-0.3, -0.25) is 0 Å². The Balaban J connectivity index is 2.19. The number of ether oxygens (including phenoxy) is 1. The van der Waals surface area contributed by atoms with E-state index in [1.807, 2.05) is 0 Å². The fourth-order valence-electron chi connectivity index (χ4n) is 2.38. The summed E-state index contributed by atoms with van der Waals surface area (Å²) in [5.41, 5.74) is 2.26. The number of hydrogen-bond acceptors (Lipinski definition) is 4. The summed E-state index contributed by atoms with van der Waals surface area (Å²) < 4.78 is 82.7. The Morgan fingerprint density at radius 3 is 1.73 bits per heavy atom. The van der Waals surface area contributed by atoms with Crippen LogP contribution in [0.4, 0.5) is 26.3 Å². The molecule has 10 heteroatoms. The van der Waals surface area contributed by atoms with Crippen molar-refractivity contribution in [3.05, 3.63) is 65.2 Å². The van der Waals surface area contributed by atoms with Gasteiger partial charge >= 0.3 is 12.4 Å². The maximum Gasteiger partial charge on any atom is 0.416 e. The van der Waals surface area contributed by atoms with Gasteiger partial charge in [0.25, 0.3) is 0 Å². The van der Waals surface area contributed by atoms with Crippen LogP contribution in [-0.2, 0) is 12.4 Å². The van der Waals surface area contributed by atoms with Crippen LogP contribution >= 0.6 is 0 Å². The molecule has 0 aliphatic carbocycles. The average Bonchev–Trinajstić information content (AvgIpc) is 2.67. The standard InChI is InChI=1S/C20H19F6NO3/c21-19(22,23)14-8-15(20(24,25)26)10-17(9-14)30-16-5-3-13(4-6-16)2-1-7-18(27,11-28)12-29/h1-6,8-10,28-29H,7,11-12,27H2. The second-order valence-corrected chi connectivity index (χ2v) is 6.70. The lowest BCUT2D eigenvalue weighted by Crippen LogP contribution is -2.46. The first kappa shape index (κ1) is 23.7. The number of hydrogen-bond donors (Lipinski definition) is 3. The summed E-state index contributed by atoms with van der Waals surface area (Å²) in [6.45, 7) is -0.838. The molecule has 2 aromatic carbocycles. The highest BCUT2D eigenvalue weighted by molar-refractivity contribution is 5.51. The lowest BCUT2D eigenvalue weighted by atomic mass is 9.98. The van der Waals surface area contributed by atoms with Crippen molar-refractivity contribution in [2.45, 2.75) is 24.3 Å². The molecule has 0 aromatic heterocycles. The number of aliphatic hydroxyl groups excluding tert-OH is 2. The van der Waals surface area contributed by atoms with E-state index in [-0.39, 0.29) is 18.2 Å². The summed E-state index contributed by atoms with van der Waals surface area (Å²) in [6, 6.07) is 6.82. The molecule has 4 nitrogen and oxygen atoms in total. The topological polar surface area (TPSA) is 75.7 Å². The maximum absolute atomic E-state index is 12.9. The van der Waals surface area contributed by atoms with Gasteiger partial charge in [0.1, 0.15) is 11.5 Å². The number of aliphatic hydroxyl groups is 2. The van der Waals surface area contributed by atoms with E-state index in [9.17, 15) is 26.3 Å². The molecule has 0 heterocycles. The van der Waals surface area contributed by atoms with Crippen molar-refractivity contribution in [2.24, 2.45) is 5.73 Å². The molecule has 0 atom stereocenters. The van der Waals surface area contributed by atoms with Crippen LogP contribution in [0.1, 0.15) is 23.1 Å². The van der Waals surface area contributed by atoms with Crippen molar-refractivity contribution in [3.63, 3.8) is 0 Å². The predicted octanol–water partition coefficient (Wildman–Crippen LogP) is 4.60. The zero-order valence-corrected chi connectivity index (χ0v) is 15.5. The van der Waals surface area contributed by atoms with E-state index in [1.54, 1.807) is 12.2 Å². The van der Waals surface area contributed by atoms with E-state index >= 15 is 0 Å². The third kappa shape index (κ3) is 6.48. The van der Waals surface area contributed by atoms with Crippen molar-refractivity contribution < 1.29 is 41.3 Å². The van der Waals surface area contributed by atoms with Crippen molar-refractivity contribution >= 4 is 6.08 Å². The minimum atomic E-state index is -4.96. The van der Waals surface area contributed by atoms with Gasteiger partial charge < -0.3 is 20.7 Å². The number of halogens is 6. The lowest BCUT2D eigenvalue weighted by Gasteiger charge is -2.22. The molecule has 0 aliphatic rings. The van der Waals surface area contributed by atoms with Crippen molar-refractivity contribution in [1.82, 2.24) is 0 Å². The second-order valence-electron chi connectivity index (χ2n) is 6.70. The Morgan fingerprint density at radius 1 is 0.800 bits per heavy atom. The molecule has 0 spiro atoms. The van der Waals surface area contributed by atoms with E-state index in [2.05, 4.69) is 0 Å². The van der Waals surface area contributed by atoms with Gasteiger partial charge in [-0.25, -0.2) is 0 Å². The Labute approximate surface area is 168 Å². The Bertz CT molecular complexity index is 839. The maximum atomic E-state index is 12.9. The molecule has 2 rings (SSSR count). The third-order valence-corrected chi connectivity index (χ3v) is 4.14. The van der Waals surface area contributed by atoms with E-state index in [4.69, 9.17) is 20.7 Å². The lowest BCUT2D eigenvalue weighted by molar-refractivity contribution is -0.143. The summed E-state index contributed by atoms with van der Waals surface area (Å²) in [7, 11) is 0. The van der Waals surface area contributed by atoms with E-state index in [0.717, 1.165) is 0 Å². The molecule has 2 aromatic rings. The molecule has 0 unspecified atom stereocenters. The van der Waals surface area contributed by atoms with Crippen LogP contribution in [-0.4, -0.2) is 29.0 Å². The molecule has 0 fully saturated rings. The summed E-state index contributed by atoms with van der Waals surface area (Å²) in [4.78, 5) is 0. The quantitative estimate of drug-likeness (QED) is 0.556. The molecule has 0 bridgehead atoms. The zero-order valence-electron chi connectivity index (χ0n) is 15.5. The highest BCUT2D eigenvalue weighted by atomic mass is 19.4. The smallest absolute Gasteiger partial charge is 0.416 e. The summed E-state index contributed by atoms with van der Waals surface area (Å²) in [5, 5.41) is 18.2. The van der Waals surface area contributed by atoms with Crippen LogP contribution in [0.15, 0.2) is 48.5 Å². The van der Waals surface area contributed by atoms with Crippen LogP contribution in [0, 0.1) is 0 Å². The molecular weight excluding hydrogens is 416 g/mol. The van der Waals surface area contributed by atoms with Gasteiger partial charge in [-0.15, -0.1) is 0 Å². The molecule has 30 heavy (non-hydrogen) atoms. The van der Waals surface area contributed by atoms with Gasteiger partial charge in [0, 0.05) is 0 Å². The van der Waals surface area contributed by atoms with Crippen LogP contribution in [0.2, 0.25) is 0 Å². The summed E-state index contributed by atoms with van der Waals surface area (Å²) in [6.07, 6.45) is -6.50. The third-order valence-electron chi connectivity index (χ3n) is 4.14. The van der Waals surface area contributed by atoms with Crippen molar-refractivity contribution in [1.29, 1.82) is 0 Å². The van der Waals surface area contributed by atoms with Crippen LogP contribution in [0.5, 0.6) is 11.5 Å². The molecule has 0 aliphatic heterocycles. The van der Waals surface area contributed by atoms with Gasteiger partial charge in [-0.2, -0.15) is 26.3 Å². The highest BCUT2D eigenvalue weighted by Gasteiger charge is 2.37.